The Kier molecular flexibility index (Phi) is 7.51. The third-order valence-electron chi connectivity index (χ3n) is 3.44. The van der Waals surface area contributed by atoms with Gasteiger partial charge >= 0.3 is 0 Å². The number of methoxy groups -OCH3 is 1. The van der Waals surface area contributed by atoms with Crippen molar-refractivity contribution in [1.29, 1.82) is 0 Å². The van der Waals surface area contributed by atoms with Crippen molar-refractivity contribution in [3.63, 3.8) is 0 Å². The van der Waals surface area contributed by atoms with Gasteiger partial charge in [-0.05, 0) is 38.1 Å². The van der Waals surface area contributed by atoms with E-state index in [0.29, 0.717) is 17.7 Å². The number of aliphatic hydroxyl groups is 1. The molecule has 0 radical (unpaired) electrons. The molecule has 0 fully saturated rings. The van der Waals surface area contributed by atoms with E-state index in [9.17, 15) is 4.39 Å². The van der Waals surface area contributed by atoms with E-state index in [1.54, 1.807) is 12.1 Å². The Morgan fingerprint density at radius 3 is 2.75 bits per heavy atom. The Hall–Kier alpha value is -1.17. The molecule has 1 atom stereocenters. The van der Waals surface area contributed by atoms with Gasteiger partial charge in [0, 0.05) is 24.8 Å². The molecule has 1 aromatic rings. The highest BCUT2D eigenvalue weighted by molar-refractivity contribution is 5.37. The van der Waals surface area contributed by atoms with Gasteiger partial charge in [-0.2, -0.15) is 0 Å². The summed E-state index contributed by atoms with van der Waals surface area (Å²) in [5.74, 6) is 0.172. The number of benzene rings is 1. The lowest BCUT2D eigenvalue weighted by Gasteiger charge is -2.23. The van der Waals surface area contributed by atoms with Crippen LogP contribution in [0, 0.1) is 5.82 Å². The van der Waals surface area contributed by atoms with Crippen LogP contribution in [0.2, 0.25) is 0 Å². The molecule has 0 aliphatic carbocycles. The van der Waals surface area contributed by atoms with Gasteiger partial charge in [-0.25, -0.2) is 4.39 Å². The zero-order valence-corrected chi connectivity index (χ0v) is 12.3. The van der Waals surface area contributed by atoms with Gasteiger partial charge in [-0.15, -0.1) is 0 Å². The molecule has 0 aliphatic heterocycles. The smallest absolute Gasteiger partial charge is 0.131 e. The third-order valence-corrected chi connectivity index (χ3v) is 3.44. The van der Waals surface area contributed by atoms with Gasteiger partial charge in [-0.3, -0.25) is 0 Å². The van der Waals surface area contributed by atoms with Gasteiger partial charge in [0.15, 0.2) is 0 Å². The fraction of sp³-hybridized carbons (Fsp3) is 0.600. The van der Waals surface area contributed by atoms with Crippen LogP contribution in [0.1, 0.15) is 31.4 Å². The lowest BCUT2D eigenvalue weighted by Crippen LogP contribution is -2.29. The Morgan fingerprint density at radius 1 is 1.40 bits per heavy atom. The highest BCUT2D eigenvalue weighted by atomic mass is 19.1. The van der Waals surface area contributed by atoms with Crippen molar-refractivity contribution in [2.75, 3.05) is 33.4 Å². The fourth-order valence-corrected chi connectivity index (χ4v) is 2.24. The van der Waals surface area contributed by atoms with Crippen LogP contribution in [0.4, 0.5) is 4.39 Å². The minimum Gasteiger partial charge on any atom is -0.496 e. The number of rotatable bonds is 9. The van der Waals surface area contributed by atoms with E-state index >= 15 is 0 Å². The van der Waals surface area contributed by atoms with Gasteiger partial charge in [0.05, 0.1) is 7.11 Å². The van der Waals surface area contributed by atoms with Gasteiger partial charge < -0.3 is 20.5 Å². The van der Waals surface area contributed by atoms with E-state index in [2.05, 4.69) is 11.8 Å². The van der Waals surface area contributed by atoms with Gasteiger partial charge in [-0.1, -0.05) is 13.0 Å². The molecule has 0 heterocycles. The van der Waals surface area contributed by atoms with Crippen LogP contribution < -0.4 is 10.5 Å². The molecule has 1 unspecified atom stereocenters. The monoisotopic (exact) mass is 284 g/mol. The van der Waals surface area contributed by atoms with E-state index in [1.807, 2.05) is 0 Å². The molecule has 1 aromatic carbocycles. The molecule has 5 heteroatoms. The maximum absolute atomic E-state index is 13.9. The number of nitrogens with zero attached hydrogens (tertiary/aromatic N) is 1. The van der Waals surface area contributed by atoms with Crippen LogP contribution >= 0.6 is 0 Å². The van der Waals surface area contributed by atoms with Crippen LogP contribution in [0.25, 0.3) is 0 Å². The Labute approximate surface area is 120 Å². The molecule has 0 saturated carbocycles. The van der Waals surface area contributed by atoms with E-state index < -0.39 is 6.04 Å². The molecule has 0 aromatic heterocycles. The second-order valence-electron chi connectivity index (χ2n) is 4.76. The van der Waals surface area contributed by atoms with E-state index in [1.165, 1.54) is 13.2 Å². The van der Waals surface area contributed by atoms with E-state index in [0.717, 1.165) is 26.1 Å². The zero-order valence-electron chi connectivity index (χ0n) is 12.3. The van der Waals surface area contributed by atoms with Crippen molar-refractivity contribution in [3.8, 4) is 5.75 Å². The summed E-state index contributed by atoms with van der Waals surface area (Å²) < 4.78 is 19.1. The van der Waals surface area contributed by atoms with Crippen LogP contribution in [0.15, 0.2) is 18.2 Å². The van der Waals surface area contributed by atoms with Crippen molar-refractivity contribution in [1.82, 2.24) is 4.90 Å². The first-order valence-corrected chi connectivity index (χ1v) is 7.05. The van der Waals surface area contributed by atoms with E-state index in [4.69, 9.17) is 15.6 Å². The summed E-state index contributed by atoms with van der Waals surface area (Å²) in [5.41, 5.74) is 6.55. The Morgan fingerprint density at radius 2 is 2.15 bits per heavy atom. The predicted octanol–water partition coefficient (Wildman–Crippen LogP) is 1.93. The average Bonchev–Trinajstić information content (AvgIpc) is 2.46. The molecule has 114 valence electrons. The first kappa shape index (κ1) is 16.9. The largest absolute Gasteiger partial charge is 0.496 e. The number of aliphatic hydroxyl groups excluding tert-OH is 1. The van der Waals surface area contributed by atoms with Crippen molar-refractivity contribution in [3.05, 3.63) is 29.6 Å². The summed E-state index contributed by atoms with van der Waals surface area (Å²) in [6.07, 6.45) is 1.39. The van der Waals surface area contributed by atoms with Crippen molar-refractivity contribution in [2.45, 2.75) is 25.8 Å². The fourth-order valence-electron chi connectivity index (χ4n) is 2.24. The number of hydrogen-bond acceptors (Lipinski definition) is 4. The maximum Gasteiger partial charge on any atom is 0.131 e. The van der Waals surface area contributed by atoms with E-state index in [-0.39, 0.29) is 12.4 Å². The first-order valence-electron chi connectivity index (χ1n) is 7.05. The highest BCUT2D eigenvalue weighted by Crippen LogP contribution is 2.28. The molecule has 0 saturated heterocycles. The lowest BCUT2D eigenvalue weighted by atomic mass is 10.0. The van der Waals surface area contributed by atoms with Crippen LogP contribution in [-0.2, 0) is 0 Å². The molecule has 4 nitrogen and oxygen atoms in total. The summed E-state index contributed by atoms with van der Waals surface area (Å²) >= 11 is 0. The summed E-state index contributed by atoms with van der Waals surface area (Å²) in [5, 5.41) is 8.85. The average molecular weight is 284 g/mol. The quantitative estimate of drug-likeness (QED) is 0.727. The highest BCUT2D eigenvalue weighted by Gasteiger charge is 2.17. The summed E-state index contributed by atoms with van der Waals surface area (Å²) in [7, 11) is 1.52. The molecular weight excluding hydrogens is 259 g/mol. The summed E-state index contributed by atoms with van der Waals surface area (Å²) in [6, 6.07) is 4.35. The predicted molar refractivity (Wildman–Crippen MR) is 78.3 cm³/mol. The minimum absolute atomic E-state index is 0.184. The number of nitrogens with two attached hydrogens (primary N) is 1. The Bertz CT molecular complexity index is 401. The number of halogens is 1. The van der Waals surface area contributed by atoms with Gasteiger partial charge in [0.25, 0.3) is 0 Å². The standard InChI is InChI=1S/C15H25FN2O2/c1-3-18(9-5-11-19)10-8-13(17)15-12(16)6-4-7-14(15)20-2/h4,6-7,13,19H,3,5,8-11,17H2,1-2H3. The molecule has 0 spiro atoms. The maximum atomic E-state index is 13.9. The second kappa shape index (κ2) is 8.89. The molecular formula is C15H25FN2O2. The van der Waals surface area contributed by atoms with Gasteiger partial charge in [0.2, 0.25) is 0 Å². The van der Waals surface area contributed by atoms with Crippen LogP contribution in [0.5, 0.6) is 5.75 Å². The third kappa shape index (κ3) is 4.74. The summed E-state index contributed by atoms with van der Waals surface area (Å²) in [6.45, 7) is 4.74. The first-order chi connectivity index (χ1) is 9.63. The van der Waals surface area contributed by atoms with Crippen LogP contribution in [0.3, 0.4) is 0 Å². The van der Waals surface area contributed by atoms with Gasteiger partial charge in [0.1, 0.15) is 11.6 Å². The zero-order chi connectivity index (χ0) is 15.0. The minimum atomic E-state index is -0.394. The molecule has 20 heavy (non-hydrogen) atoms. The lowest BCUT2D eigenvalue weighted by molar-refractivity contribution is 0.225. The molecule has 0 aliphatic rings. The molecule has 3 N–H and O–H groups in total. The Balaban J connectivity index is 2.64. The molecule has 1 rings (SSSR count). The SMILES string of the molecule is CCN(CCCO)CCC(N)c1c(F)cccc1OC. The number of ether oxygens (including phenoxy) is 1. The van der Waals surface area contributed by atoms with Crippen LogP contribution in [-0.4, -0.2) is 43.4 Å². The van der Waals surface area contributed by atoms with Crippen molar-refractivity contribution in [2.24, 2.45) is 5.73 Å². The second-order valence-corrected chi connectivity index (χ2v) is 4.76. The normalized spacial score (nSPS) is 12.7. The molecule has 0 amide bonds. The number of hydrogen-bond donors (Lipinski definition) is 2. The van der Waals surface area contributed by atoms with Crippen molar-refractivity contribution >= 4 is 0 Å². The topological polar surface area (TPSA) is 58.7 Å². The van der Waals surface area contributed by atoms with Crippen molar-refractivity contribution < 1.29 is 14.2 Å². The molecule has 0 bridgehead atoms. The summed E-state index contributed by atoms with van der Waals surface area (Å²) in [4.78, 5) is 2.20.